The number of anilines is 1. The quantitative estimate of drug-likeness (QED) is 0.431. The van der Waals surface area contributed by atoms with Crippen molar-refractivity contribution >= 4 is 49.1 Å². The number of benzene rings is 3. The first kappa shape index (κ1) is 18.6. The van der Waals surface area contributed by atoms with Crippen molar-refractivity contribution < 1.29 is 8.42 Å². The topological polar surface area (TPSA) is 58.5 Å². The van der Waals surface area contributed by atoms with Gasteiger partial charge in [-0.15, -0.1) is 4.40 Å². The average Bonchev–Trinajstić information content (AvgIpc) is 2.64. The number of amidine groups is 1. The zero-order chi connectivity index (χ0) is 18.6. The van der Waals surface area contributed by atoms with E-state index >= 15 is 0 Å². The third kappa shape index (κ3) is 4.72. The van der Waals surface area contributed by atoms with Crippen LogP contribution in [-0.2, 0) is 10.0 Å². The number of hydrogen-bond donors (Lipinski definition) is 1. The molecule has 0 heterocycles. The van der Waals surface area contributed by atoms with Crippen molar-refractivity contribution in [2.75, 3.05) is 5.32 Å². The normalized spacial score (nSPS) is 12.0. The van der Waals surface area contributed by atoms with Crippen LogP contribution in [0.2, 0.25) is 5.02 Å². The van der Waals surface area contributed by atoms with Crippen LogP contribution >= 0.6 is 27.5 Å². The molecule has 0 radical (unpaired) electrons. The van der Waals surface area contributed by atoms with Gasteiger partial charge in [0.1, 0.15) is 0 Å². The Balaban J connectivity index is 2.05. The fraction of sp³-hybridized carbons (Fsp3) is 0. The molecular weight excluding hydrogens is 436 g/mol. The summed E-state index contributed by atoms with van der Waals surface area (Å²) in [5.74, 6) is 0.216. The first-order chi connectivity index (χ1) is 12.4. The lowest BCUT2D eigenvalue weighted by Crippen LogP contribution is -2.16. The molecule has 0 aromatic heterocycles. The van der Waals surface area contributed by atoms with Gasteiger partial charge in [0.05, 0.1) is 4.90 Å². The summed E-state index contributed by atoms with van der Waals surface area (Å²) in [5.41, 5.74) is 1.32. The zero-order valence-electron chi connectivity index (χ0n) is 13.4. The number of nitrogens with zero attached hydrogens (tertiary/aromatic N) is 1. The van der Waals surface area contributed by atoms with Crippen LogP contribution in [0.1, 0.15) is 5.56 Å². The van der Waals surface area contributed by atoms with Crippen molar-refractivity contribution in [3.63, 3.8) is 0 Å². The molecule has 0 aliphatic heterocycles. The molecule has 0 spiro atoms. The Bertz CT molecular complexity index is 1020. The van der Waals surface area contributed by atoms with Crippen LogP contribution in [0.15, 0.2) is 92.6 Å². The minimum atomic E-state index is -3.86. The Morgan fingerprint density at radius 1 is 0.885 bits per heavy atom. The smallest absolute Gasteiger partial charge is 0.284 e. The first-order valence-corrected chi connectivity index (χ1v) is 10.2. The molecule has 132 valence electrons. The molecule has 3 aromatic carbocycles. The van der Waals surface area contributed by atoms with E-state index in [2.05, 4.69) is 25.6 Å². The van der Waals surface area contributed by atoms with Crippen LogP contribution in [0, 0.1) is 0 Å². The fourth-order valence-electron chi connectivity index (χ4n) is 2.19. The van der Waals surface area contributed by atoms with Gasteiger partial charge in [-0.3, -0.25) is 0 Å². The molecule has 0 aliphatic rings. The summed E-state index contributed by atoms with van der Waals surface area (Å²) in [6.07, 6.45) is 0. The van der Waals surface area contributed by atoms with Crippen molar-refractivity contribution in [2.45, 2.75) is 4.90 Å². The van der Waals surface area contributed by atoms with Crippen LogP contribution in [0.3, 0.4) is 0 Å². The fourth-order valence-corrected chi connectivity index (χ4v) is 3.58. The third-order valence-corrected chi connectivity index (χ3v) is 5.55. The Morgan fingerprint density at radius 2 is 1.50 bits per heavy atom. The Hall–Kier alpha value is -2.15. The van der Waals surface area contributed by atoms with E-state index in [1.165, 1.54) is 12.1 Å². The Morgan fingerprint density at radius 3 is 2.12 bits per heavy atom. The standard InChI is InChI=1S/C19H14BrClN2O2S/c20-15-8-12-17(13-9-15)22-19(14-6-10-16(21)11-7-14)23-26(24,25)18-4-2-1-3-5-18/h1-13H,(H,22,23). The predicted octanol–water partition coefficient (Wildman–Crippen LogP) is 5.35. The Kier molecular flexibility index (Phi) is 5.76. The number of rotatable bonds is 4. The van der Waals surface area contributed by atoms with E-state index in [0.29, 0.717) is 16.3 Å². The number of nitrogens with one attached hydrogen (secondary N) is 1. The largest absolute Gasteiger partial charge is 0.339 e. The highest BCUT2D eigenvalue weighted by molar-refractivity contribution is 9.10. The van der Waals surface area contributed by atoms with Gasteiger partial charge in [-0.25, -0.2) is 0 Å². The molecule has 7 heteroatoms. The molecule has 0 amide bonds. The van der Waals surface area contributed by atoms with Crippen LogP contribution in [-0.4, -0.2) is 14.3 Å². The van der Waals surface area contributed by atoms with Gasteiger partial charge in [0.15, 0.2) is 5.84 Å². The second kappa shape index (κ2) is 8.03. The van der Waals surface area contributed by atoms with Crippen molar-refractivity contribution in [1.29, 1.82) is 0 Å². The van der Waals surface area contributed by atoms with E-state index in [9.17, 15) is 8.42 Å². The molecular formula is C19H14BrClN2O2S. The summed E-state index contributed by atoms with van der Waals surface area (Å²) < 4.78 is 30.3. The van der Waals surface area contributed by atoms with Crippen molar-refractivity contribution in [3.8, 4) is 0 Å². The minimum absolute atomic E-state index is 0.129. The monoisotopic (exact) mass is 448 g/mol. The number of halogens is 2. The summed E-state index contributed by atoms with van der Waals surface area (Å²) in [6.45, 7) is 0. The van der Waals surface area contributed by atoms with Gasteiger partial charge >= 0.3 is 0 Å². The first-order valence-electron chi connectivity index (χ1n) is 7.63. The summed E-state index contributed by atoms with van der Waals surface area (Å²) in [5, 5.41) is 3.63. The minimum Gasteiger partial charge on any atom is -0.339 e. The average molecular weight is 450 g/mol. The Labute approximate surface area is 165 Å². The SMILES string of the molecule is O=S(=O)(/N=C(/Nc1ccc(Br)cc1)c1ccc(Cl)cc1)c1ccccc1. The lowest BCUT2D eigenvalue weighted by Gasteiger charge is -2.11. The van der Waals surface area contributed by atoms with E-state index in [1.807, 2.05) is 24.3 Å². The van der Waals surface area contributed by atoms with Crippen LogP contribution in [0.25, 0.3) is 0 Å². The highest BCUT2D eigenvalue weighted by Crippen LogP contribution is 2.19. The maximum atomic E-state index is 12.7. The lowest BCUT2D eigenvalue weighted by atomic mass is 10.2. The van der Waals surface area contributed by atoms with Crippen molar-refractivity contribution in [2.24, 2.45) is 4.40 Å². The van der Waals surface area contributed by atoms with Crippen LogP contribution < -0.4 is 5.32 Å². The summed E-state index contributed by atoms with van der Waals surface area (Å²) >= 11 is 9.31. The van der Waals surface area contributed by atoms with Crippen LogP contribution in [0.4, 0.5) is 5.69 Å². The van der Waals surface area contributed by atoms with Gasteiger partial charge in [0.25, 0.3) is 10.0 Å². The third-order valence-electron chi connectivity index (χ3n) is 3.48. The number of hydrogen-bond acceptors (Lipinski definition) is 2. The summed E-state index contributed by atoms with van der Waals surface area (Å²) in [6, 6.07) is 22.3. The lowest BCUT2D eigenvalue weighted by molar-refractivity contribution is 0.598. The molecule has 0 saturated carbocycles. The predicted molar refractivity (Wildman–Crippen MR) is 109 cm³/mol. The maximum Gasteiger partial charge on any atom is 0.284 e. The van der Waals surface area contributed by atoms with Crippen LogP contribution in [0.5, 0.6) is 0 Å². The summed E-state index contributed by atoms with van der Waals surface area (Å²) in [4.78, 5) is 0.129. The van der Waals surface area contributed by atoms with Gasteiger partial charge in [0.2, 0.25) is 0 Å². The van der Waals surface area contributed by atoms with E-state index < -0.39 is 10.0 Å². The molecule has 26 heavy (non-hydrogen) atoms. The highest BCUT2D eigenvalue weighted by Gasteiger charge is 2.15. The highest BCUT2D eigenvalue weighted by atomic mass is 79.9. The van der Waals surface area contributed by atoms with Crippen molar-refractivity contribution in [1.82, 2.24) is 0 Å². The molecule has 0 aliphatic carbocycles. The molecule has 1 N–H and O–H groups in total. The van der Waals surface area contributed by atoms with Gasteiger partial charge in [-0.05, 0) is 60.7 Å². The van der Waals surface area contributed by atoms with Gasteiger partial charge in [-0.1, -0.05) is 45.7 Å². The van der Waals surface area contributed by atoms with Gasteiger partial charge in [-0.2, -0.15) is 8.42 Å². The second-order valence-corrected chi connectivity index (χ2v) is 8.32. The van der Waals surface area contributed by atoms with Gasteiger partial charge < -0.3 is 5.32 Å². The van der Waals surface area contributed by atoms with E-state index in [4.69, 9.17) is 11.6 Å². The molecule has 3 rings (SSSR count). The van der Waals surface area contributed by atoms with Gasteiger partial charge in [0, 0.05) is 20.7 Å². The zero-order valence-corrected chi connectivity index (χ0v) is 16.6. The number of sulfonamides is 1. The van der Waals surface area contributed by atoms with E-state index in [-0.39, 0.29) is 10.7 Å². The summed E-state index contributed by atoms with van der Waals surface area (Å²) in [7, 11) is -3.86. The van der Waals surface area contributed by atoms with E-state index in [1.54, 1.807) is 42.5 Å². The van der Waals surface area contributed by atoms with E-state index in [0.717, 1.165) is 4.47 Å². The molecule has 0 fully saturated rings. The maximum absolute atomic E-state index is 12.7. The molecule has 4 nitrogen and oxygen atoms in total. The molecule has 0 bridgehead atoms. The molecule has 0 saturated heterocycles. The molecule has 3 aromatic rings. The van der Waals surface area contributed by atoms with Crippen molar-refractivity contribution in [3.05, 3.63) is 93.9 Å². The molecule has 0 atom stereocenters. The second-order valence-electron chi connectivity index (χ2n) is 5.37. The molecule has 0 unspecified atom stereocenters.